The molecule has 3 heterocycles. The standard InChI is InChI=1S/C14H21N3O3/c1-14(2,3)16-8-9(7-11(16)18)17-12(19)10-5-4-6-15(10)13(17)20/h9-10H,4-8H2,1-3H3/t9?,10-/m0/s1. The van der Waals surface area contributed by atoms with E-state index in [-0.39, 0.29) is 41.9 Å². The van der Waals surface area contributed by atoms with Crippen LogP contribution in [0.25, 0.3) is 0 Å². The molecule has 0 bridgehead atoms. The molecule has 0 N–H and O–H groups in total. The van der Waals surface area contributed by atoms with Crippen LogP contribution in [0.5, 0.6) is 0 Å². The maximum Gasteiger partial charge on any atom is 0.327 e. The molecule has 0 saturated carbocycles. The molecule has 3 aliphatic rings. The predicted molar refractivity (Wildman–Crippen MR) is 71.8 cm³/mol. The Kier molecular flexibility index (Phi) is 2.81. The van der Waals surface area contributed by atoms with Gasteiger partial charge in [-0.25, -0.2) is 4.79 Å². The molecule has 0 aliphatic carbocycles. The Morgan fingerprint density at radius 3 is 2.40 bits per heavy atom. The summed E-state index contributed by atoms with van der Waals surface area (Å²) in [7, 11) is 0. The normalized spacial score (nSPS) is 30.8. The molecule has 6 heteroatoms. The summed E-state index contributed by atoms with van der Waals surface area (Å²) < 4.78 is 0. The molecule has 0 aromatic rings. The van der Waals surface area contributed by atoms with Gasteiger partial charge in [0.05, 0.1) is 6.04 Å². The summed E-state index contributed by atoms with van der Waals surface area (Å²) in [6, 6.07) is -0.778. The van der Waals surface area contributed by atoms with Crippen molar-refractivity contribution in [2.75, 3.05) is 13.1 Å². The number of rotatable bonds is 1. The molecule has 3 saturated heterocycles. The summed E-state index contributed by atoms with van der Waals surface area (Å²) in [5.74, 6) is -0.0868. The zero-order chi connectivity index (χ0) is 14.7. The molecule has 4 amide bonds. The first-order valence-electron chi connectivity index (χ1n) is 7.25. The quantitative estimate of drug-likeness (QED) is 0.667. The van der Waals surface area contributed by atoms with Gasteiger partial charge in [0, 0.05) is 25.0 Å². The minimum Gasteiger partial charge on any atom is -0.336 e. The highest BCUT2D eigenvalue weighted by molar-refractivity contribution is 6.05. The Labute approximate surface area is 118 Å². The Hall–Kier alpha value is -1.59. The zero-order valence-electron chi connectivity index (χ0n) is 12.3. The average molecular weight is 279 g/mol. The number of amides is 4. The van der Waals surface area contributed by atoms with Crippen LogP contribution in [0.1, 0.15) is 40.0 Å². The maximum absolute atomic E-state index is 12.4. The van der Waals surface area contributed by atoms with Crippen molar-refractivity contribution in [1.29, 1.82) is 0 Å². The van der Waals surface area contributed by atoms with Crippen molar-refractivity contribution in [3.63, 3.8) is 0 Å². The topological polar surface area (TPSA) is 60.9 Å². The van der Waals surface area contributed by atoms with Gasteiger partial charge >= 0.3 is 6.03 Å². The zero-order valence-corrected chi connectivity index (χ0v) is 12.3. The van der Waals surface area contributed by atoms with E-state index in [0.29, 0.717) is 13.1 Å². The monoisotopic (exact) mass is 279 g/mol. The second-order valence-electron chi connectivity index (χ2n) is 6.88. The van der Waals surface area contributed by atoms with E-state index in [1.54, 1.807) is 9.80 Å². The summed E-state index contributed by atoms with van der Waals surface area (Å²) in [6.07, 6.45) is 1.91. The molecule has 0 spiro atoms. The van der Waals surface area contributed by atoms with Crippen LogP contribution in [0.4, 0.5) is 4.79 Å². The summed E-state index contributed by atoms with van der Waals surface area (Å²) >= 11 is 0. The number of imide groups is 1. The number of urea groups is 1. The van der Waals surface area contributed by atoms with Crippen molar-refractivity contribution in [1.82, 2.24) is 14.7 Å². The minimum atomic E-state index is -0.299. The Morgan fingerprint density at radius 2 is 1.85 bits per heavy atom. The Balaban J connectivity index is 1.80. The van der Waals surface area contributed by atoms with Gasteiger partial charge in [-0.2, -0.15) is 0 Å². The molecule has 1 unspecified atom stereocenters. The van der Waals surface area contributed by atoms with Crippen molar-refractivity contribution in [2.45, 2.75) is 57.7 Å². The van der Waals surface area contributed by atoms with Gasteiger partial charge in [-0.05, 0) is 33.6 Å². The van der Waals surface area contributed by atoms with Gasteiger partial charge in [-0.15, -0.1) is 0 Å². The fourth-order valence-electron chi connectivity index (χ4n) is 3.49. The molecule has 0 aromatic carbocycles. The van der Waals surface area contributed by atoms with E-state index in [9.17, 15) is 14.4 Å². The Bertz CT molecular complexity index is 461. The smallest absolute Gasteiger partial charge is 0.327 e. The van der Waals surface area contributed by atoms with Crippen molar-refractivity contribution in [3.8, 4) is 0 Å². The predicted octanol–water partition coefficient (Wildman–Crippen LogP) is 0.812. The van der Waals surface area contributed by atoms with Gasteiger partial charge in [0.15, 0.2) is 0 Å². The third kappa shape index (κ3) is 1.81. The molecule has 3 aliphatic heterocycles. The lowest BCUT2D eigenvalue weighted by Gasteiger charge is -2.32. The summed E-state index contributed by atoms with van der Waals surface area (Å²) in [4.78, 5) is 41.6. The summed E-state index contributed by atoms with van der Waals surface area (Å²) in [6.45, 7) is 7.03. The maximum atomic E-state index is 12.4. The first kappa shape index (κ1) is 13.4. The van der Waals surface area contributed by atoms with Crippen LogP contribution in [0, 0.1) is 0 Å². The van der Waals surface area contributed by atoms with Crippen LogP contribution in [-0.4, -0.2) is 63.3 Å². The van der Waals surface area contributed by atoms with E-state index in [4.69, 9.17) is 0 Å². The SMILES string of the molecule is CC(C)(C)N1CC(N2C(=O)[C@@H]3CCCN3C2=O)CC1=O. The molecular formula is C14H21N3O3. The van der Waals surface area contributed by atoms with Gasteiger partial charge in [0.25, 0.3) is 5.91 Å². The number of carbonyl (C=O) groups excluding carboxylic acids is 3. The third-order valence-electron chi connectivity index (χ3n) is 4.51. The van der Waals surface area contributed by atoms with E-state index in [2.05, 4.69) is 0 Å². The van der Waals surface area contributed by atoms with Crippen LogP contribution >= 0.6 is 0 Å². The van der Waals surface area contributed by atoms with Crippen LogP contribution in [0.15, 0.2) is 0 Å². The lowest BCUT2D eigenvalue weighted by molar-refractivity contribution is -0.131. The van der Waals surface area contributed by atoms with Crippen molar-refractivity contribution in [2.24, 2.45) is 0 Å². The van der Waals surface area contributed by atoms with Gasteiger partial charge in [-0.3, -0.25) is 14.5 Å². The highest BCUT2D eigenvalue weighted by Gasteiger charge is 2.52. The second kappa shape index (κ2) is 4.20. The van der Waals surface area contributed by atoms with Gasteiger partial charge in [-0.1, -0.05) is 0 Å². The highest BCUT2D eigenvalue weighted by Crippen LogP contribution is 2.33. The highest BCUT2D eigenvalue weighted by atomic mass is 16.2. The molecule has 20 heavy (non-hydrogen) atoms. The molecule has 3 fully saturated rings. The van der Waals surface area contributed by atoms with Gasteiger partial charge < -0.3 is 9.80 Å². The summed E-state index contributed by atoms with van der Waals surface area (Å²) in [5, 5.41) is 0. The van der Waals surface area contributed by atoms with E-state index in [1.165, 1.54) is 4.90 Å². The first-order valence-corrected chi connectivity index (χ1v) is 7.25. The first-order chi connectivity index (χ1) is 9.30. The number of carbonyl (C=O) groups is 3. The molecule has 110 valence electrons. The lowest BCUT2D eigenvalue weighted by Crippen LogP contribution is -2.46. The average Bonchev–Trinajstić information content (AvgIpc) is 2.98. The van der Waals surface area contributed by atoms with Crippen molar-refractivity contribution >= 4 is 17.8 Å². The lowest BCUT2D eigenvalue weighted by atomic mass is 10.1. The number of nitrogens with zero attached hydrogens (tertiary/aromatic N) is 3. The van der Waals surface area contributed by atoms with Crippen molar-refractivity contribution < 1.29 is 14.4 Å². The molecule has 6 nitrogen and oxygen atoms in total. The second-order valence-corrected chi connectivity index (χ2v) is 6.88. The minimum absolute atomic E-state index is 0.0233. The fourth-order valence-corrected chi connectivity index (χ4v) is 3.49. The molecule has 2 atom stereocenters. The van der Waals surface area contributed by atoms with Gasteiger partial charge in [0.1, 0.15) is 6.04 Å². The molecule has 0 radical (unpaired) electrons. The van der Waals surface area contributed by atoms with E-state index < -0.39 is 0 Å². The number of hydrogen-bond acceptors (Lipinski definition) is 3. The van der Waals surface area contributed by atoms with Crippen LogP contribution in [0.2, 0.25) is 0 Å². The molecular weight excluding hydrogens is 258 g/mol. The van der Waals surface area contributed by atoms with Crippen LogP contribution in [-0.2, 0) is 9.59 Å². The number of fused-ring (bicyclic) bond motifs is 1. The van der Waals surface area contributed by atoms with E-state index in [0.717, 1.165) is 12.8 Å². The third-order valence-corrected chi connectivity index (χ3v) is 4.51. The molecule has 0 aromatic heterocycles. The van der Waals surface area contributed by atoms with Crippen molar-refractivity contribution in [3.05, 3.63) is 0 Å². The number of hydrogen-bond donors (Lipinski definition) is 0. The number of likely N-dealkylation sites (tertiary alicyclic amines) is 1. The molecule has 3 rings (SSSR count). The fraction of sp³-hybridized carbons (Fsp3) is 0.786. The largest absolute Gasteiger partial charge is 0.336 e. The van der Waals surface area contributed by atoms with Crippen LogP contribution in [0.3, 0.4) is 0 Å². The van der Waals surface area contributed by atoms with Gasteiger partial charge in [0.2, 0.25) is 5.91 Å². The Morgan fingerprint density at radius 1 is 1.15 bits per heavy atom. The van der Waals surface area contributed by atoms with E-state index >= 15 is 0 Å². The van der Waals surface area contributed by atoms with E-state index in [1.807, 2.05) is 20.8 Å². The summed E-state index contributed by atoms with van der Waals surface area (Å²) in [5.41, 5.74) is -0.270. The van der Waals surface area contributed by atoms with Crippen LogP contribution < -0.4 is 0 Å².